The molecule has 1 amide bonds. The van der Waals surface area contributed by atoms with Gasteiger partial charge in [0.2, 0.25) is 0 Å². The maximum atomic E-state index is 12.3. The molecule has 4 heteroatoms. The normalized spacial score (nSPS) is 18.8. The second-order valence-electron chi connectivity index (χ2n) is 5.59. The number of likely N-dealkylation sites (tertiary alicyclic amines) is 1. The molecule has 0 aliphatic carbocycles. The van der Waals surface area contributed by atoms with Crippen molar-refractivity contribution >= 4 is 33.4 Å². The van der Waals surface area contributed by atoms with Crippen LogP contribution in [0.2, 0.25) is 5.02 Å². The third kappa shape index (κ3) is 3.07. The Balaban J connectivity index is 2.10. The lowest BCUT2D eigenvalue weighted by molar-refractivity contribution is 0.0630. The van der Waals surface area contributed by atoms with Gasteiger partial charge in [-0.3, -0.25) is 4.79 Å². The second-order valence-corrected chi connectivity index (χ2v) is 6.85. The summed E-state index contributed by atoms with van der Waals surface area (Å²) in [5.41, 5.74) is 1.02. The zero-order chi connectivity index (χ0) is 13.3. The van der Waals surface area contributed by atoms with Gasteiger partial charge in [-0.05, 0) is 52.4 Å². The van der Waals surface area contributed by atoms with Gasteiger partial charge in [-0.15, -0.1) is 0 Å². The Morgan fingerprint density at radius 2 is 1.94 bits per heavy atom. The van der Waals surface area contributed by atoms with Gasteiger partial charge in [-0.2, -0.15) is 0 Å². The number of piperidine rings is 1. The topological polar surface area (TPSA) is 20.3 Å². The molecule has 1 aliphatic rings. The first kappa shape index (κ1) is 13.9. The average Bonchev–Trinajstić information content (AvgIpc) is 2.32. The van der Waals surface area contributed by atoms with Crippen LogP contribution in [0.5, 0.6) is 0 Å². The maximum Gasteiger partial charge on any atom is 0.253 e. The Kier molecular flexibility index (Phi) is 4.02. The SMILES string of the molecule is CC1(C)CCN(C(=O)c2ccc(Br)c(Cl)c2)CC1. The Morgan fingerprint density at radius 1 is 1.33 bits per heavy atom. The molecule has 0 N–H and O–H groups in total. The van der Waals surface area contributed by atoms with Crippen molar-refractivity contribution in [3.8, 4) is 0 Å². The van der Waals surface area contributed by atoms with Crippen molar-refractivity contribution < 1.29 is 4.79 Å². The summed E-state index contributed by atoms with van der Waals surface area (Å²) in [6, 6.07) is 5.37. The highest BCUT2D eigenvalue weighted by molar-refractivity contribution is 9.10. The predicted molar refractivity (Wildman–Crippen MR) is 78.1 cm³/mol. The number of carbonyl (C=O) groups excluding carboxylic acids is 1. The van der Waals surface area contributed by atoms with Gasteiger partial charge in [-0.1, -0.05) is 25.4 Å². The minimum Gasteiger partial charge on any atom is -0.339 e. The molecule has 1 saturated heterocycles. The number of benzene rings is 1. The lowest BCUT2D eigenvalue weighted by Crippen LogP contribution is -2.41. The van der Waals surface area contributed by atoms with Crippen LogP contribution >= 0.6 is 27.5 Å². The number of rotatable bonds is 1. The van der Waals surface area contributed by atoms with E-state index in [9.17, 15) is 4.79 Å². The third-order valence-corrected chi connectivity index (χ3v) is 4.80. The van der Waals surface area contributed by atoms with Crippen LogP contribution in [0.3, 0.4) is 0 Å². The highest BCUT2D eigenvalue weighted by atomic mass is 79.9. The quantitative estimate of drug-likeness (QED) is 0.749. The molecule has 0 spiro atoms. The highest BCUT2D eigenvalue weighted by Gasteiger charge is 2.28. The summed E-state index contributed by atoms with van der Waals surface area (Å²) in [7, 11) is 0. The van der Waals surface area contributed by atoms with Crippen LogP contribution < -0.4 is 0 Å². The van der Waals surface area contributed by atoms with Crippen LogP contribution in [0.4, 0.5) is 0 Å². The minimum atomic E-state index is 0.0832. The number of nitrogens with zero attached hydrogens (tertiary/aromatic N) is 1. The molecule has 0 aromatic heterocycles. The van der Waals surface area contributed by atoms with Gasteiger partial charge < -0.3 is 4.90 Å². The number of amides is 1. The standard InChI is InChI=1S/C14H17BrClNO/c1-14(2)5-7-17(8-6-14)13(18)10-3-4-11(15)12(16)9-10/h3-4,9H,5-8H2,1-2H3. The first-order chi connectivity index (χ1) is 8.39. The van der Waals surface area contributed by atoms with Gasteiger partial charge in [0, 0.05) is 23.1 Å². The van der Waals surface area contributed by atoms with E-state index in [2.05, 4.69) is 29.8 Å². The number of halogens is 2. The van der Waals surface area contributed by atoms with E-state index in [-0.39, 0.29) is 5.91 Å². The molecule has 0 bridgehead atoms. The zero-order valence-electron chi connectivity index (χ0n) is 10.7. The fourth-order valence-corrected chi connectivity index (χ4v) is 2.55. The van der Waals surface area contributed by atoms with Gasteiger partial charge in [0.15, 0.2) is 0 Å². The van der Waals surface area contributed by atoms with E-state index in [4.69, 9.17) is 11.6 Å². The molecule has 0 atom stereocenters. The molecule has 18 heavy (non-hydrogen) atoms. The van der Waals surface area contributed by atoms with Crippen LogP contribution in [-0.4, -0.2) is 23.9 Å². The van der Waals surface area contributed by atoms with E-state index >= 15 is 0 Å². The van der Waals surface area contributed by atoms with Crippen LogP contribution in [-0.2, 0) is 0 Å². The van der Waals surface area contributed by atoms with Crippen molar-refractivity contribution in [3.05, 3.63) is 33.3 Å². The monoisotopic (exact) mass is 329 g/mol. The van der Waals surface area contributed by atoms with Gasteiger partial charge in [0.05, 0.1) is 5.02 Å². The fourth-order valence-electron chi connectivity index (χ4n) is 2.13. The van der Waals surface area contributed by atoms with Crippen molar-refractivity contribution in [2.45, 2.75) is 26.7 Å². The molecular formula is C14H17BrClNO. The van der Waals surface area contributed by atoms with Crippen molar-refractivity contribution in [2.75, 3.05) is 13.1 Å². The summed E-state index contributed by atoms with van der Waals surface area (Å²) >= 11 is 9.36. The average molecular weight is 331 g/mol. The van der Waals surface area contributed by atoms with E-state index in [1.165, 1.54) is 0 Å². The molecule has 1 fully saturated rings. The third-order valence-electron chi connectivity index (χ3n) is 3.57. The Morgan fingerprint density at radius 3 is 2.50 bits per heavy atom. The molecule has 98 valence electrons. The summed E-state index contributed by atoms with van der Waals surface area (Å²) in [5, 5.41) is 0.582. The zero-order valence-corrected chi connectivity index (χ0v) is 13.0. The van der Waals surface area contributed by atoms with Gasteiger partial charge in [0.1, 0.15) is 0 Å². The Bertz CT molecular complexity index is 463. The van der Waals surface area contributed by atoms with E-state index in [1.54, 1.807) is 6.07 Å². The smallest absolute Gasteiger partial charge is 0.253 e. The number of carbonyl (C=O) groups is 1. The van der Waals surface area contributed by atoms with Crippen LogP contribution in [0.15, 0.2) is 22.7 Å². The van der Waals surface area contributed by atoms with Crippen LogP contribution in [0.1, 0.15) is 37.0 Å². The Hall–Kier alpha value is -0.540. The van der Waals surface area contributed by atoms with Crippen molar-refractivity contribution in [2.24, 2.45) is 5.41 Å². The molecule has 1 aliphatic heterocycles. The molecule has 0 unspecified atom stereocenters. The summed E-state index contributed by atoms with van der Waals surface area (Å²) in [6.45, 7) is 6.18. The largest absolute Gasteiger partial charge is 0.339 e. The van der Waals surface area contributed by atoms with E-state index in [0.29, 0.717) is 16.0 Å². The molecule has 2 rings (SSSR count). The summed E-state index contributed by atoms with van der Waals surface area (Å²) in [5.74, 6) is 0.0832. The number of hydrogen-bond acceptors (Lipinski definition) is 1. The molecule has 1 aromatic rings. The van der Waals surface area contributed by atoms with Crippen molar-refractivity contribution in [1.82, 2.24) is 4.90 Å². The molecule has 0 saturated carbocycles. The van der Waals surface area contributed by atoms with Crippen LogP contribution in [0.25, 0.3) is 0 Å². The van der Waals surface area contributed by atoms with Gasteiger partial charge in [-0.25, -0.2) is 0 Å². The minimum absolute atomic E-state index is 0.0832. The Labute approximate surface area is 121 Å². The van der Waals surface area contributed by atoms with E-state index < -0.39 is 0 Å². The lowest BCUT2D eigenvalue weighted by atomic mass is 9.82. The molecular weight excluding hydrogens is 314 g/mol. The van der Waals surface area contributed by atoms with Crippen molar-refractivity contribution in [1.29, 1.82) is 0 Å². The summed E-state index contributed by atoms with van der Waals surface area (Å²) < 4.78 is 0.820. The molecule has 1 heterocycles. The van der Waals surface area contributed by atoms with E-state index in [0.717, 1.165) is 30.4 Å². The fraction of sp³-hybridized carbons (Fsp3) is 0.500. The maximum absolute atomic E-state index is 12.3. The van der Waals surface area contributed by atoms with E-state index in [1.807, 2.05) is 17.0 Å². The van der Waals surface area contributed by atoms with Gasteiger partial charge >= 0.3 is 0 Å². The first-order valence-corrected chi connectivity index (χ1v) is 7.30. The highest BCUT2D eigenvalue weighted by Crippen LogP contribution is 2.31. The first-order valence-electron chi connectivity index (χ1n) is 6.13. The van der Waals surface area contributed by atoms with Crippen LogP contribution in [0, 0.1) is 5.41 Å². The lowest BCUT2D eigenvalue weighted by Gasteiger charge is -2.37. The molecule has 2 nitrogen and oxygen atoms in total. The second kappa shape index (κ2) is 5.22. The summed E-state index contributed by atoms with van der Waals surface area (Å²) in [6.07, 6.45) is 2.12. The van der Waals surface area contributed by atoms with Gasteiger partial charge in [0.25, 0.3) is 5.91 Å². The predicted octanol–water partition coefficient (Wildman–Crippen LogP) is 4.36. The number of hydrogen-bond donors (Lipinski definition) is 0. The molecule has 1 aromatic carbocycles. The summed E-state index contributed by atoms with van der Waals surface area (Å²) in [4.78, 5) is 14.2. The molecule has 0 radical (unpaired) electrons. The van der Waals surface area contributed by atoms with Crippen molar-refractivity contribution in [3.63, 3.8) is 0 Å².